The maximum atomic E-state index is 6.20. The van der Waals surface area contributed by atoms with Gasteiger partial charge in [-0.1, -0.05) is 29.8 Å². The minimum absolute atomic E-state index is 0.391. The molecule has 27 heavy (non-hydrogen) atoms. The molecule has 0 saturated carbocycles. The van der Waals surface area contributed by atoms with Crippen LogP contribution in [0.4, 0.5) is 5.82 Å². The van der Waals surface area contributed by atoms with Crippen molar-refractivity contribution < 1.29 is 9.47 Å². The van der Waals surface area contributed by atoms with Gasteiger partial charge in [-0.05, 0) is 18.2 Å². The van der Waals surface area contributed by atoms with E-state index in [1.165, 1.54) is 0 Å². The average Bonchev–Trinajstić information content (AvgIpc) is 3.08. The lowest BCUT2D eigenvalue weighted by molar-refractivity contribution is 0.0831. The third-order valence-corrected chi connectivity index (χ3v) is 5.17. The van der Waals surface area contributed by atoms with Crippen LogP contribution in [0.3, 0.4) is 0 Å². The molecule has 1 aliphatic heterocycles. The second-order valence-corrected chi connectivity index (χ2v) is 6.89. The number of hydrogen-bond donors (Lipinski definition) is 1. The summed E-state index contributed by atoms with van der Waals surface area (Å²) in [6.45, 7) is 2.31. The van der Waals surface area contributed by atoms with E-state index < -0.39 is 0 Å². The highest BCUT2D eigenvalue weighted by Crippen LogP contribution is 2.32. The fourth-order valence-electron chi connectivity index (χ4n) is 3.47. The summed E-state index contributed by atoms with van der Waals surface area (Å²) >= 11 is 6.20. The zero-order valence-electron chi connectivity index (χ0n) is 14.5. The van der Waals surface area contributed by atoms with Crippen molar-refractivity contribution in [3.05, 3.63) is 58.9 Å². The van der Waals surface area contributed by atoms with Crippen molar-refractivity contribution >= 4 is 39.4 Å². The van der Waals surface area contributed by atoms with Crippen molar-refractivity contribution in [3.63, 3.8) is 0 Å². The molecule has 7 heteroatoms. The van der Waals surface area contributed by atoms with Gasteiger partial charge in [0.1, 0.15) is 30.3 Å². The van der Waals surface area contributed by atoms with E-state index in [1.807, 2.05) is 42.5 Å². The quantitative estimate of drug-likeness (QED) is 0.582. The van der Waals surface area contributed by atoms with Crippen LogP contribution < -0.4 is 10.5 Å². The molecule has 136 valence electrons. The maximum Gasteiger partial charge on any atom is 0.152 e. The Labute approximate surface area is 160 Å². The van der Waals surface area contributed by atoms with Gasteiger partial charge in [-0.25, -0.2) is 9.97 Å². The van der Waals surface area contributed by atoms with E-state index >= 15 is 0 Å². The van der Waals surface area contributed by atoms with Crippen molar-refractivity contribution in [2.45, 2.75) is 19.8 Å². The fourth-order valence-corrected chi connectivity index (χ4v) is 3.66. The summed E-state index contributed by atoms with van der Waals surface area (Å²) in [5.41, 5.74) is 9.64. The molecule has 0 amide bonds. The van der Waals surface area contributed by atoms with Crippen LogP contribution in [0.15, 0.2) is 42.5 Å². The molecule has 2 aromatic carbocycles. The molecular weight excluding hydrogens is 364 g/mol. The highest BCUT2D eigenvalue weighted by Gasteiger charge is 2.20. The molecule has 5 rings (SSSR count). The van der Waals surface area contributed by atoms with Crippen LogP contribution in [0, 0.1) is 0 Å². The zero-order valence-corrected chi connectivity index (χ0v) is 15.2. The van der Waals surface area contributed by atoms with E-state index in [4.69, 9.17) is 26.8 Å². The first-order chi connectivity index (χ1) is 13.2. The zero-order chi connectivity index (χ0) is 18.4. The number of pyridine rings is 1. The van der Waals surface area contributed by atoms with Crippen LogP contribution in [0.2, 0.25) is 5.02 Å². The first-order valence-corrected chi connectivity index (χ1v) is 9.11. The topological polar surface area (TPSA) is 75.2 Å². The smallest absolute Gasteiger partial charge is 0.152 e. The van der Waals surface area contributed by atoms with Gasteiger partial charge in [0.15, 0.2) is 5.82 Å². The van der Waals surface area contributed by atoms with Gasteiger partial charge in [-0.3, -0.25) is 0 Å². The molecule has 2 aromatic heterocycles. The molecule has 0 radical (unpaired) electrons. The maximum absolute atomic E-state index is 6.20. The highest BCUT2D eigenvalue weighted by molar-refractivity contribution is 6.31. The van der Waals surface area contributed by atoms with Crippen molar-refractivity contribution in [1.82, 2.24) is 14.5 Å². The van der Waals surface area contributed by atoms with Crippen LogP contribution in [-0.4, -0.2) is 21.1 Å². The Bertz CT molecular complexity index is 1170. The van der Waals surface area contributed by atoms with Crippen molar-refractivity contribution in [2.75, 3.05) is 12.3 Å². The molecule has 0 bridgehead atoms. The van der Waals surface area contributed by atoms with E-state index in [0.29, 0.717) is 30.7 Å². The number of benzene rings is 2. The molecule has 0 atom stereocenters. The number of nitrogen functional groups attached to an aromatic ring is 1. The second-order valence-electron chi connectivity index (χ2n) is 6.49. The Kier molecular flexibility index (Phi) is 3.88. The standard InChI is InChI=1S/C20H17ClN4O2/c21-15-4-2-1-3-12(15)10-27-13-5-6-14-16(9-13)23-20(22)18-19(14)25-7-8-26-11-17(25)24-18/h1-6,9H,7-8,10-11H2,(H2,22,23). The molecule has 3 heterocycles. The van der Waals surface area contributed by atoms with Crippen LogP contribution in [0.25, 0.3) is 21.9 Å². The Morgan fingerprint density at radius 2 is 2.07 bits per heavy atom. The summed E-state index contributed by atoms with van der Waals surface area (Å²) in [5.74, 6) is 2.02. The number of nitrogens with two attached hydrogens (primary N) is 1. The number of ether oxygens (including phenoxy) is 2. The number of anilines is 1. The molecule has 1 aliphatic rings. The second kappa shape index (κ2) is 6.40. The molecular formula is C20H17ClN4O2. The molecule has 6 nitrogen and oxygen atoms in total. The van der Waals surface area contributed by atoms with Crippen LogP contribution in [0.1, 0.15) is 11.4 Å². The first kappa shape index (κ1) is 16.4. The van der Waals surface area contributed by atoms with Crippen molar-refractivity contribution in [1.29, 1.82) is 0 Å². The van der Waals surface area contributed by atoms with Crippen LogP contribution >= 0.6 is 11.6 Å². The minimum Gasteiger partial charge on any atom is -0.489 e. The summed E-state index contributed by atoms with van der Waals surface area (Å²) in [6.07, 6.45) is 0. The predicted octanol–water partition coefficient (Wildman–Crippen LogP) is 3.93. The number of rotatable bonds is 3. The van der Waals surface area contributed by atoms with Gasteiger partial charge in [0.2, 0.25) is 0 Å². The monoisotopic (exact) mass is 380 g/mol. The normalized spacial score (nSPS) is 13.8. The number of hydrogen-bond acceptors (Lipinski definition) is 5. The lowest BCUT2D eigenvalue weighted by Crippen LogP contribution is -2.16. The summed E-state index contributed by atoms with van der Waals surface area (Å²) in [7, 11) is 0. The number of aromatic nitrogens is 3. The van der Waals surface area contributed by atoms with Gasteiger partial charge >= 0.3 is 0 Å². The van der Waals surface area contributed by atoms with Crippen LogP contribution in [-0.2, 0) is 24.5 Å². The Morgan fingerprint density at radius 3 is 2.96 bits per heavy atom. The van der Waals surface area contributed by atoms with Crippen molar-refractivity contribution in [3.8, 4) is 5.75 Å². The SMILES string of the molecule is Nc1nc2cc(OCc3ccccc3Cl)ccc2c2c1nc1n2CCOC1. The minimum atomic E-state index is 0.391. The van der Waals surface area contributed by atoms with Gasteiger partial charge in [0, 0.05) is 28.6 Å². The van der Waals surface area contributed by atoms with E-state index in [1.54, 1.807) is 0 Å². The Balaban J connectivity index is 1.56. The summed E-state index contributed by atoms with van der Waals surface area (Å²) < 4.78 is 13.6. The summed E-state index contributed by atoms with van der Waals surface area (Å²) in [5, 5.41) is 1.69. The third-order valence-electron chi connectivity index (χ3n) is 4.80. The average molecular weight is 381 g/mol. The van der Waals surface area contributed by atoms with Gasteiger partial charge in [0.25, 0.3) is 0 Å². The summed E-state index contributed by atoms with van der Waals surface area (Å²) in [6, 6.07) is 13.5. The Hall–Kier alpha value is -2.83. The van der Waals surface area contributed by atoms with E-state index in [-0.39, 0.29) is 0 Å². The number of nitrogens with zero attached hydrogens (tertiary/aromatic N) is 3. The molecule has 0 unspecified atom stereocenters. The molecule has 0 spiro atoms. The number of halogens is 1. The Morgan fingerprint density at radius 1 is 1.19 bits per heavy atom. The lowest BCUT2D eigenvalue weighted by Gasteiger charge is -2.15. The highest BCUT2D eigenvalue weighted by atomic mass is 35.5. The van der Waals surface area contributed by atoms with E-state index in [0.717, 1.165) is 45.6 Å². The van der Waals surface area contributed by atoms with E-state index in [9.17, 15) is 0 Å². The number of imidazole rings is 1. The summed E-state index contributed by atoms with van der Waals surface area (Å²) in [4.78, 5) is 9.15. The molecule has 2 N–H and O–H groups in total. The molecule has 4 aromatic rings. The number of fused-ring (bicyclic) bond motifs is 5. The van der Waals surface area contributed by atoms with Gasteiger partial charge in [0.05, 0.1) is 17.6 Å². The van der Waals surface area contributed by atoms with Crippen LogP contribution in [0.5, 0.6) is 5.75 Å². The first-order valence-electron chi connectivity index (χ1n) is 8.73. The largest absolute Gasteiger partial charge is 0.489 e. The molecule has 0 fully saturated rings. The van der Waals surface area contributed by atoms with Crippen molar-refractivity contribution in [2.24, 2.45) is 0 Å². The van der Waals surface area contributed by atoms with Gasteiger partial charge in [-0.2, -0.15) is 0 Å². The molecule has 0 saturated heterocycles. The lowest BCUT2D eigenvalue weighted by atomic mass is 10.1. The predicted molar refractivity (Wildman–Crippen MR) is 105 cm³/mol. The van der Waals surface area contributed by atoms with E-state index in [2.05, 4.69) is 14.5 Å². The third kappa shape index (κ3) is 2.78. The molecule has 0 aliphatic carbocycles. The fraction of sp³-hybridized carbons (Fsp3) is 0.200. The van der Waals surface area contributed by atoms with Gasteiger partial charge in [-0.15, -0.1) is 0 Å². The van der Waals surface area contributed by atoms with Gasteiger partial charge < -0.3 is 19.8 Å².